The molecule has 0 aliphatic carbocycles. The fourth-order valence-electron chi connectivity index (χ4n) is 3.27. The number of hydrogen-bond acceptors (Lipinski definition) is 6. The van der Waals surface area contributed by atoms with E-state index in [2.05, 4.69) is 27.2 Å². The van der Waals surface area contributed by atoms with Crippen molar-refractivity contribution in [3.63, 3.8) is 0 Å². The lowest BCUT2D eigenvalue weighted by Gasteiger charge is -2.13. The molecule has 3 heterocycles. The number of ether oxygens (including phenoxy) is 1. The van der Waals surface area contributed by atoms with Gasteiger partial charge in [-0.25, -0.2) is 9.78 Å². The second kappa shape index (κ2) is 8.02. The summed E-state index contributed by atoms with van der Waals surface area (Å²) in [6.45, 7) is 5.14. The highest BCUT2D eigenvalue weighted by atomic mass is 32.1. The smallest absolute Gasteiger partial charge is 0.358 e. The highest BCUT2D eigenvalue weighted by Crippen LogP contribution is 2.36. The van der Waals surface area contributed by atoms with Crippen LogP contribution in [-0.4, -0.2) is 45.7 Å². The Kier molecular flexibility index (Phi) is 5.31. The molecule has 0 unspecified atom stereocenters. The van der Waals surface area contributed by atoms with Gasteiger partial charge in [-0.2, -0.15) is 5.10 Å². The number of rotatable bonds is 6. The molecule has 0 spiro atoms. The van der Waals surface area contributed by atoms with E-state index >= 15 is 0 Å². The summed E-state index contributed by atoms with van der Waals surface area (Å²) in [6.07, 6.45) is 2.48. The summed E-state index contributed by atoms with van der Waals surface area (Å²) < 4.78 is 5.05. The van der Waals surface area contributed by atoms with Crippen LogP contribution in [0.5, 0.6) is 0 Å². The monoisotopic (exact) mass is 382 g/mol. The number of aromatic amines is 1. The number of nitrogens with zero attached hydrogens (tertiary/aromatic N) is 3. The Morgan fingerprint density at radius 2 is 2.04 bits per heavy atom. The zero-order valence-electron chi connectivity index (χ0n) is 15.3. The molecule has 1 fully saturated rings. The Morgan fingerprint density at radius 3 is 2.78 bits per heavy atom. The Bertz CT molecular complexity index is 913. The molecule has 1 saturated heterocycles. The Balaban J connectivity index is 1.69. The molecular formula is C20H22N4O2S. The SMILES string of the molecule is CCOC(=O)c1cc(-c2sc(-c3ccccc3)nc2CN2CCCC2)[nH]n1. The van der Waals surface area contributed by atoms with E-state index in [-0.39, 0.29) is 0 Å². The first-order valence-electron chi connectivity index (χ1n) is 9.25. The van der Waals surface area contributed by atoms with Crippen LogP contribution in [0.15, 0.2) is 36.4 Å². The Hall–Kier alpha value is -2.51. The molecule has 1 aliphatic heterocycles. The zero-order valence-corrected chi connectivity index (χ0v) is 16.1. The van der Waals surface area contributed by atoms with E-state index in [1.807, 2.05) is 18.2 Å². The van der Waals surface area contributed by atoms with E-state index in [0.29, 0.717) is 12.3 Å². The number of esters is 1. The van der Waals surface area contributed by atoms with E-state index in [4.69, 9.17) is 9.72 Å². The number of hydrogen-bond donors (Lipinski definition) is 1. The molecular weight excluding hydrogens is 360 g/mol. The highest BCUT2D eigenvalue weighted by molar-refractivity contribution is 7.18. The van der Waals surface area contributed by atoms with Gasteiger partial charge < -0.3 is 4.74 Å². The summed E-state index contributed by atoms with van der Waals surface area (Å²) in [4.78, 5) is 20.3. The van der Waals surface area contributed by atoms with E-state index in [1.54, 1.807) is 24.3 Å². The minimum absolute atomic E-state index is 0.300. The number of benzene rings is 1. The van der Waals surface area contributed by atoms with Crippen LogP contribution in [-0.2, 0) is 11.3 Å². The van der Waals surface area contributed by atoms with Crippen molar-refractivity contribution >= 4 is 17.3 Å². The van der Waals surface area contributed by atoms with Crippen LogP contribution >= 0.6 is 11.3 Å². The van der Waals surface area contributed by atoms with Crippen molar-refractivity contribution in [2.24, 2.45) is 0 Å². The number of carbonyl (C=O) groups is 1. The maximum Gasteiger partial charge on any atom is 0.358 e. The molecule has 0 bridgehead atoms. The van der Waals surface area contributed by atoms with Crippen molar-refractivity contribution in [3.05, 3.63) is 47.8 Å². The van der Waals surface area contributed by atoms with E-state index < -0.39 is 5.97 Å². The predicted molar refractivity (Wildman–Crippen MR) is 106 cm³/mol. The molecule has 7 heteroatoms. The Labute approximate surface area is 162 Å². The highest BCUT2D eigenvalue weighted by Gasteiger charge is 2.21. The van der Waals surface area contributed by atoms with Gasteiger partial charge in [0.15, 0.2) is 5.69 Å². The van der Waals surface area contributed by atoms with E-state index in [9.17, 15) is 4.79 Å². The number of nitrogens with one attached hydrogen (secondary N) is 1. The molecule has 0 atom stereocenters. The van der Waals surface area contributed by atoms with Crippen molar-refractivity contribution in [2.45, 2.75) is 26.3 Å². The van der Waals surface area contributed by atoms with Gasteiger partial charge in [0, 0.05) is 12.1 Å². The lowest BCUT2D eigenvalue weighted by atomic mass is 10.2. The van der Waals surface area contributed by atoms with Gasteiger partial charge in [-0.15, -0.1) is 11.3 Å². The number of H-pyrrole nitrogens is 1. The van der Waals surface area contributed by atoms with Crippen molar-refractivity contribution in [1.29, 1.82) is 0 Å². The third kappa shape index (κ3) is 3.94. The molecule has 1 N–H and O–H groups in total. The van der Waals surface area contributed by atoms with Crippen molar-refractivity contribution in [1.82, 2.24) is 20.1 Å². The van der Waals surface area contributed by atoms with Crippen LogP contribution in [0.4, 0.5) is 0 Å². The first kappa shape index (κ1) is 17.9. The first-order chi connectivity index (χ1) is 13.2. The number of thiazole rings is 1. The number of aromatic nitrogens is 3. The molecule has 140 valence electrons. The molecule has 27 heavy (non-hydrogen) atoms. The van der Waals surface area contributed by atoms with Crippen molar-refractivity contribution in [3.8, 4) is 21.1 Å². The van der Waals surface area contributed by atoms with Gasteiger partial charge in [-0.3, -0.25) is 10.00 Å². The van der Waals surface area contributed by atoms with Crippen LogP contribution in [0.2, 0.25) is 0 Å². The van der Waals surface area contributed by atoms with E-state index in [0.717, 1.165) is 46.5 Å². The van der Waals surface area contributed by atoms with Gasteiger partial charge in [-0.1, -0.05) is 30.3 Å². The summed E-state index contributed by atoms with van der Waals surface area (Å²) in [7, 11) is 0. The van der Waals surface area contributed by atoms with Gasteiger partial charge in [0.1, 0.15) is 5.01 Å². The standard InChI is InChI=1S/C20H22N4O2S/c1-2-26-20(25)16-12-15(22-23-16)18-17(13-24-10-6-7-11-24)21-19(27-18)14-8-4-3-5-9-14/h3-5,8-9,12H,2,6-7,10-11,13H2,1H3,(H,22,23). The summed E-state index contributed by atoms with van der Waals surface area (Å²) in [5, 5.41) is 8.10. The van der Waals surface area contributed by atoms with Gasteiger partial charge in [0.2, 0.25) is 0 Å². The molecule has 1 aromatic carbocycles. The second-order valence-corrected chi connectivity index (χ2v) is 7.53. The van der Waals surface area contributed by atoms with E-state index in [1.165, 1.54) is 12.8 Å². The van der Waals surface area contributed by atoms with Crippen LogP contribution < -0.4 is 0 Å². The lowest BCUT2D eigenvalue weighted by Crippen LogP contribution is -2.19. The van der Waals surface area contributed by atoms with Gasteiger partial charge in [-0.05, 0) is 38.9 Å². The molecule has 4 rings (SSSR count). The van der Waals surface area contributed by atoms with Crippen molar-refractivity contribution < 1.29 is 9.53 Å². The lowest BCUT2D eigenvalue weighted by molar-refractivity contribution is 0.0519. The van der Waals surface area contributed by atoms with Crippen LogP contribution in [0.1, 0.15) is 35.9 Å². The third-order valence-corrected chi connectivity index (χ3v) is 5.78. The summed E-state index contributed by atoms with van der Waals surface area (Å²) in [5.41, 5.74) is 3.24. The minimum atomic E-state index is -0.408. The van der Waals surface area contributed by atoms with Gasteiger partial charge in [0.05, 0.1) is 22.9 Å². The fourth-order valence-corrected chi connectivity index (χ4v) is 4.32. The van der Waals surface area contributed by atoms with Crippen LogP contribution in [0.3, 0.4) is 0 Å². The Morgan fingerprint density at radius 1 is 1.26 bits per heavy atom. The topological polar surface area (TPSA) is 71.1 Å². The summed E-state index contributed by atoms with van der Waals surface area (Å²) in [6, 6.07) is 11.9. The normalized spacial score (nSPS) is 14.6. The fraction of sp³-hybridized carbons (Fsp3) is 0.350. The maximum absolute atomic E-state index is 12.0. The molecule has 1 aliphatic rings. The first-order valence-corrected chi connectivity index (χ1v) is 10.1. The quantitative estimate of drug-likeness (QED) is 0.653. The summed E-state index contributed by atoms with van der Waals surface area (Å²) in [5.74, 6) is -0.408. The van der Waals surface area contributed by atoms with Crippen molar-refractivity contribution in [2.75, 3.05) is 19.7 Å². The molecule has 0 saturated carbocycles. The molecule has 2 aromatic heterocycles. The molecule has 3 aromatic rings. The van der Waals surface area contributed by atoms with Crippen LogP contribution in [0, 0.1) is 0 Å². The van der Waals surface area contributed by atoms with Gasteiger partial charge >= 0.3 is 5.97 Å². The average Bonchev–Trinajstić information content (AvgIpc) is 3.44. The predicted octanol–water partition coefficient (Wildman–Crippen LogP) is 3.97. The number of carbonyl (C=O) groups excluding carboxylic acids is 1. The summed E-state index contributed by atoms with van der Waals surface area (Å²) >= 11 is 1.63. The molecule has 0 amide bonds. The van der Waals surface area contributed by atoms with Gasteiger partial charge in [0.25, 0.3) is 0 Å². The third-order valence-electron chi connectivity index (χ3n) is 4.60. The van der Waals surface area contributed by atoms with Crippen LogP contribution in [0.25, 0.3) is 21.1 Å². The second-order valence-electron chi connectivity index (χ2n) is 6.53. The molecule has 6 nitrogen and oxygen atoms in total. The zero-order chi connectivity index (χ0) is 18.6. The average molecular weight is 382 g/mol. The molecule has 0 radical (unpaired) electrons. The largest absolute Gasteiger partial charge is 0.461 e. The minimum Gasteiger partial charge on any atom is -0.461 e. The maximum atomic E-state index is 12.0. The number of likely N-dealkylation sites (tertiary alicyclic amines) is 1.